The average Bonchev–Trinajstić information content (AvgIpc) is 2.87. The van der Waals surface area contributed by atoms with Gasteiger partial charge < -0.3 is 23.7 Å². The molecule has 4 unspecified atom stereocenters. The number of carbonyl (C=O) groups excluding carboxylic acids is 2. The van der Waals surface area contributed by atoms with Gasteiger partial charge in [0.25, 0.3) is 0 Å². The van der Waals surface area contributed by atoms with Crippen molar-refractivity contribution in [1.29, 1.82) is 0 Å². The Kier molecular flexibility index (Phi) is 9.83. The van der Waals surface area contributed by atoms with Gasteiger partial charge in [-0.25, -0.2) is 0 Å². The van der Waals surface area contributed by atoms with Gasteiger partial charge in [-0.05, 0) is 80.9 Å². The molecule has 3 rings (SSSR count). The molecule has 4 atom stereocenters. The van der Waals surface area contributed by atoms with Crippen molar-refractivity contribution in [2.24, 2.45) is 23.7 Å². The summed E-state index contributed by atoms with van der Waals surface area (Å²) in [6, 6.07) is 8.14. The summed E-state index contributed by atoms with van der Waals surface area (Å²) in [6.45, 7) is 7.40. The highest BCUT2D eigenvalue weighted by Crippen LogP contribution is 2.54. The zero-order valence-corrected chi connectivity index (χ0v) is 22.6. The largest absolute Gasteiger partial charge is 0.496 e. The number of hydrogen-bond donors (Lipinski definition) is 0. The zero-order valence-electron chi connectivity index (χ0n) is 22.6. The van der Waals surface area contributed by atoms with Gasteiger partial charge in [0.1, 0.15) is 11.5 Å². The predicted octanol–water partition coefficient (Wildman–Crippen LogP) is 5.42. The summed E-state index contributed by atoms with van der Waals surface area (Å²) >= 11 is 0. The van der Waals surface area contributed by atoms with Gasteiger partial charge in [0, 0.05) is 12.2 Å². The van der Waals surface area contributed by atoms with Crippen LogP contribution in [0.2, 0.25) is 0 Å². The molecule has 1 aromatic carbocycles. The molecule has 0 aliphatic heterocycles. The van der Waals surface area contributed by atoms with Crippen molar-refractivity contribution in [2.75, 3.05) is 34.5 Å². The van der Waals surface area contributed by atoms with Crippen molar-refractivity contribution in [3.05, 3.63) is 35.4 Å². The highest BCUT2D eigenvalue weighted by molar-refractivity contribution is 5.94. The molecule has 0 amide bonds. The van der Waals surface area contributed by atoms with Gasteiger partial charge in [0.2, 0.25) is 0 Å². The molecule has 0 spiro atoms. The summed E-state index contributed by atoms with van der Waals surface area (Å²) in [5.74, 6) is 0.804. The van der Waals surface area contributed by atoms with Crippen LogP contribution in [0, 0.1) is 23.7 Å². The van der Waals surface area contributed by atoms with Crippen molar-refractivity contribution in [3.63, 3.8) is 0 Å². The fourth-order valence-electron chi connectivity index (χ4n) is 6.33. The molecule has 2 fully saturated rings. The number of benzene rings is 1. The van der Waals surface area contributed by atoms with E-state index in [2.05, 4.69) is 26.0 Å². The number of esters is 2. The van der Waals surface area contributed by atoms with Gasteiger partial charge in [-0.3, -0.25) is 9.59 Å². The molecule has 0 heterocycles. The Morgan fingerprint density at radius 3 is 2.36 bits per heavy atom. The maximum absolute atomic E-state index is 12.1. The average molecular weight is 503 g/mol. The normalized spacial score (nSPS) is 26.8. The van der Waals surface area contributed by atoms with Crippen LogP contribution in [0.3, 0.4) is 0 Å². The standard InChI is InChI=1S/C29H42O7/c1-7-20-17-29(36-13-12-24(27(30)33-5)28(31)34-6)16-19(3)14-22(18-29)25(20)26(32-4)21-10-9-11-23(15-21)35-8-2/h9-11,15,19-20,22,24H,7-8,12-14,16-18H2,1-6H3/b26-25-. The minimum atomic E-state index is -0.966. The van der Waals surface area contributed by atoms with Crippen LogP contribution in [-0.4, -0.2) is 52.1 Å². The van der Waals surface area contributed by atoms with Gasteiger partial charge in [-0.15, -0.1) is 0 Å². The van der Waals surface area contributed by atoms with E-state index in [1.54, 1.807) is 7.11 Å². The molecule has 36 heavy (non-hydrogen) atoms. The van der Waals surface area contributed by atoms with E-state index in [4.69, 9.17) is 23.7 Å². The van der Waals surface area contributed by atoms with E-state index in [0.29, 0.717) is 31.0 Å². The number of methoxy groups -OCH3 is 3. The summed E-state index contributed by atoms with van der Waals surface area (Å²) in [5, 5.41) is 0. The first-order chi connectivity index (χ1) is 17.3. The Balaban J connectivity index is 1.87. The van der Waals surface area contributed by atoms with Crippen LogP contribution in [-0.2, 0) is 28.5 Å². The zero-order chi connectivity index (χ0) is 26.3. The van der Waals surface area contributed by atoms with E-state index in [1.165, 1.54) is 19.8 Å². The third-order valence-corrected chi connectivity index (χ3v) is 7.68. The lowest BCUT2D eigenvalue weighted by molar-refractivity contribution is -0.162. The van der Waals surface area contributed by atoms with Crippen molar-refractivity contribution in [3.8, 4) is 5.75 Å². The minimum Gasteiger partial charge on any atom is -0.496 e. The van der Waals surface area contributed by atoms with Crippen molar-refractivity contribution in [2.45, 2.75) is 64.9 Å². The quantitative estimate of drug-likeness (QED) is 0.227. The van der Waals surface area contributed by atoms with Gasteiger partial charge in [-0.1, -0.05) is 26.0 Å². The smallest absolute Gasteiger partial charge is 0.320 e. The van der Waals surface area contributed by atoms with Crippen molar-refractivity contribution < 1.29 is 33.3 Å². The van der Waals surface area contributed by atoms with E-state index in [0.717, 1.165) is 49.2 Å². The highest BCUT2D eigenvalue weighted by atomic mass is 16.5. The Morgan fingerprint density at radius 2 is 1.75 bits per heavy atom. The van der Waals surface area contributed by atoms with E-state index in [-0.39, 0.29) is 12.0 Å². The summed E-state index contributed by atoms with van der Waals surface area (Å²) in [5.41, 5.74) is 2.14. The lowest BCUT2D eigenvalue weighted by Crippen LogP contribution is -2.48. The molecule has 0 aromatic heterocycles. The molecule has 2 bridgehead atoms. The van der Waals surface area contributed by atoms with Crippen LogP contribution in [0.1, 0.15) is 64.9 Å². The summed E-state index contributed by atoms with van der Waals surface area (Å²) < 4.78 is 28.0. The second-order valence-corrected chi connectivity index (χ2v) is 10.1. The molecule has 7 nitrogen and oxygen atoms in total. The molecule has 2 aliphatic rings. The van der Waals surface area contributed by atoms with Crippen LogP contribution in [0.4, 0.5) is 0 Å². The van der Waals surface area contributed by atoms with Crippen LogP contribution in [0.15, 0.2) is 29.8 Å². The lowest BCUT2D eigenvalue weighted by Gasteiger charge is -2.51. The van der Waals surface area contributed by atoms with Crippen molar-refractivity contribution >= 4 is 17.7 Å². The third-order valence-electron chi connectivity index (χ3n) is 7.68. The van der Waals surface area contributed by atoms with Gasteiger partial charge in [0.05, 0.1) is 33.5 Å². The van der Waals surface area contributed by atoms with E-state index < -0.39 is 17.9 Å². The highest BCUT2D eigenvalue weighted by Gasteiger charge is 2.49. The SMILES string of the molecule is CCOc1cccc(/C(OC)=C2\C(CC)CC3(OCCC(C(=O)OC)C(=O)OC)CC(C)CC2C3)c1. The second kappa shape index (κ2) is 12.6. The number of ether oxygens (including phenoxy) is 5. The number of fused-ring (bicyclic) bond motifs is 2. The molecule has 2 aliphatic carbocycles. The molecule has 1 aromatic rings. The number of carbonyl (C=O) groups is 2. The van der Waals surface area contributed by atoms with Crippen LogP contribution >= 0.6 is 0 Å². The first kappa shape index (κ1) is 28.0. The third kappa shape index (κ3) is 6.23. The molecule has 0 radical (unpaired) electrons. The van der Waals surface area contributed by atoms with E-state index in [9.17, 15) is 9.59 Å². The first-order valence-corrected chi connectivity index (χ1v) is 13.1. The Bertz CT molecular complexity index is 923. The molecule has 0 saturated heterocycles. The van der Waals surface area contributed by atoms with Gasteiger partial charge in [-0.2, -0.15) is 0 Å². The monoisotopic (exact) mass is 502 g/mol. The number of allylic oxidation sites excluding steroid dienone is 1. The first-order valence-electron chi connectivity index (χ1n) is 13.1. The van der Waals surface area contributed by atoms with E-state index >= 15 is 0 Å². The second-order valence-electron chi connectivity index (χ2n) is 10.1. The summed E-state index contributed by atoms with van der Waals surface area (Å²) in [6.07, 6.45) is 5.07. The Labute approximate surface area is 215 Å². The molecule has 7 heteroatoms. The van der Waals surface area contributed by atoms with Crippen LogP contribution < -0.4 is 4.74 Å². The molecular weight excluding hydrogens is 460 g/mol. The Hall–Kier alpha value is -2.54. The van der Waals surface area contributed by atoms with Gasteiger partial charge >= 0.3 is 11.9 Å². The lowest BCUT2D eigenvalue weighted by atomic mass is 9.59. The molecule has 200 valence electrons. The number of rotatable bonds is 11. The fraction of sp³-hybridized carbons (Fsp3) is 0.655. The van der Waals surface area contributed by atoms with Crippen molar-refractivity contribution in [1.82, 2.24) is 0 Å². The van der Waals surface area contributed by atoms with Gasteiger partial charge in [0.15, 0.2) is 5.92 Å². The minimum absolute atomic E-state index is 0.243. The maximum atomic E-state index is 12.1. The fourth-order valence-corrected chi connectivity index (χ4v) is 6.33. The molecule has 2 saturated carbocycles. The van der Waals surface area contributed by atoms with E-state index in [1.807, 2.05) is 19.1 Å². The predicted molar refractivity (Wildman–Crippen MR) is 137 cm³/mol. The number of hydrogen-bond acceptors (Lipinski definition) is 7. The topological polar surface area (TPSA) is 80.3 Å². The Morgan fingerprint density at radius 1 is 1.03 bits per heavy atom. The van der Waals surface area contributed by atoms with Crippen LogP contribution in [0.25, 0.3) is 5.76 Å². The maximum Gasteiger partial charge on any atom is 0.320 e. The summed E-state index contributed by atoms with van der Waals surface area (Å²) in [7, 11) is 4.32. The summed E-state index contributed by atoms with van der Waals surface area (Å²) in [4.78, 5) is 24.2. The van der Waals surface area contributed by atoms with Crippen LogP contribution in [0.5, 0.6) is 5.75 Å². The molecule has 0 N–H and O–H groups in total. The molecular formula is C29H42O7.